The lowest BCUT2D eigenvalue weighted by Gasteiger charge is -2.35. The number of ether oxygens (including phenoxy) is 1. The van der Waals surface area contributed by atoms with Gasteiger partial charge in [-0.15, -0.1) is 0 Å². The van der Waals surface area contributed by atoms with Crippen LogP contribution in [0.1, 0.15) is 19.3 Å². The summed E-state index contributed by atoms with van der Waals surface area (Å²) < 4.78 is 60.5. The van der Waals surface area contributed by atoms with Crippen molar-refractivity contribution in [2.45, 2.75) is 24.5 Å². The highest BCUT2D eigenvalue weighted by Crippen LogP contribution is 2.67. The van der Waals surface area contributed by atoms with E-state index in [4.69, 9.17) is 4.55 Å². The van der Waals surface area contributed by atoms with E-state index in [0.29, 0.717) is 36.0 Å². The molecule has 0 saturated heterocycles. The molecular formula is C15H18F2O5S. The van der Waals surface area contributed by atoms with Crippen LogP contribution in [0.25, 0.3) is 0 Å². The van der Waals surface area contributed by atoms with Gasteiger partial charge in [0.05, 0.1) is 5.92 Å². The van der Waals surface area contributed by atoms with Crippen LogP contribution in [0.5, 0.6) is 0 Å². The first-order valence-corrected chi connectivity index (χ1v) is 9.33. The number of carbonyl (C=O) groups excluding carboxylic acids is 1. The molecule has 0 aromatic carbocycles. The Bertz CT molecular complexity index is 673. The average Bonchev–Trinajstić information content (AvgIpc) is 3.20. The van der Waals surface area contributed by atoms with Crippen LogP contribution >= 0.6 is 0 Å². The third kappa shape index (κ3) is 2.17. The molecule has 3 saturated carbocycles. The Hall–Kier alpha value is -1.02. The first kappa shape index (κ1) is 15.5. The van der Waals surface area contributed by atoms with E-state index in [2.05, 4.69) is 16.9 Å². The Labute approximate surface area is 132 Å². The first-order valence-electron chi connectivity index (χ1n) is 7.89. The Morgan fingerprint density at radius 1 is 1.17 bits per heavy atom. The summed E-state index contributed by atoms with van der Waals surface area (Å²) in [6.45, 7) is -1.63. The molecule has 4 aliphatic rings. The summed E-state index contributed by atoms with van der Waals surface area (Å²) in [6, 6.07) is 0. The van der Waals surface area contributed by atoms with Gasteiger partial charge in [0.15, 0.2) is 6.61 Å². The maximum atomic E-state index is 13.2. The van der Waals surface area contributed by atoms with Crippen molar-refractivity contribution >= 4 is 16.1 Å². The summed E-state index contributed by atoms with van der Waals surface area (Å²) in [7, 11) is -5.57. The Morgan fingerprint density at radius 2 is 1.83 bits per heavy atom. The second-order valence-corrected chi connectivity index (χ2v) is 8.87. The molecule has 1 N–H and O–H groups in total. The SMILES string of the molecule is O=C(OCC(F)(F)S(=O)(=O)O)C1CC2CC1C1C3C=CC(C3)C21. The average molecular weight is 348 g/mol. The number of halogens is 2. The van der Waals surface area contributed by atoms with Crippen molar-refractivity contribution in [2.24, 2.45) is 41.4 Å². The number of hydrogen-bond donors (Lipinski definition) is 1. The largest absolute Gasteiger partial charge is 0.458 e. The number of fused-ring (bicyclic) bond motifs is 9. The van der Waals surface area contributed by atoms with Crippen LogP contribution in [-0.4, -0.2) is 30.8 Å². The highest BCUT2D eigenvalue weighted by molar-refractivity contribution is 7.86. The lowest BCUT2D eigenvalue weighted by molar-refractivity contribution is -0.157. The van der Waals surface area contributed by atoms with E-state index in [-0.39, 0.29) is 5.92 Å². The highest BCUT2D eigenvalue weighted by Gasteiger charge is 2.62. The fourth-order valence-corrected chi connectivity index (χ4v) is 5.83. The quantitative estimate of drug-likeness (QED) is 0.364. The summed E-state index contributed by atoms with van der Waals surface area (Å²) in [5, 5.41) is -4.46. The maximum absolute atomic E-state index is 13.2. The smallest absolute Gasteiger partial charge is 0.402 e. The minimum atomic E-state index is -5.57. The molecule has 7 unspecified atom stereocenters. The molecule has 128 valence electrons. The second-order valence-electron chi connectivity index (χ2n) is 7.32. The number of esters is 1. The van der Waals surface area contributed by atoms with E-state index in [1.54, 1.807) is 0 Å². The zero-order valence-corrected chi connectivity index (χ0v) is 13.1. The predicted octanol–water partition coefficient (Wildman–Crippen LogP) is 2.10. The number of alkyl halides is 2. The van der Waals surface area contributed by atoms with Gasteiger partial charge in [0.1, 0.15) is 0 Å². The van der Waals surface area contributed by atoms with Gasteiger partial charge >= 0.3 is 21.3 Å². The van der Waals surface area contributed by atoms with E-state index in [0.717, 1.165) is 12.8 Å². The molecule has 23 heavy (non-hydrogen) atoms. The van der Waals surface area contributed by atoms with Crippen molar-refractivity contribution < 1.29 is 31.3 Å². The van der Waals surface area contributed by atoms with Crippen molar-refractivity contribution in [3.05, 3.63) is 12.2 Å². The third-order valence-electron chi connectivity index (χ3n) is 6.33. The molecule has 3 fully saturated rings. The molecule has 0 aliphatic heterocycles. The lowest BCUT2D eigenvalue weighted by Crippen LogP contribution is -2.39. The third-order valence-corrected chi connectivity index (χ3v) is 7.21. The normalized spacial score (nSPS) is 43.9. The van der Waals surface area contributed by atoms with Crippen LogP contribution in [0.15, 0.2) is 12.2 Å². The molecule has 8 heteroatoms. The molecule has 7 atom stereocenters. The highest BCUT2D eigenvalue weighted by atomic mass is 32.2. The summed E-state index contributed by atoms with van der Waals surface area (Å²) >= 11 is 0. The van der Waals surface area contributed by atoms with Gasteiger partial charge in [0.2, 0.25) is 0 Å². The predicted molar refractivity (Wildman–Crippen MR) is 74.9 cm³/mol. The van der Waals surface area contributed by atoms with Crippen molar-refractivity contribution in [3.8, 4) is 0 Å². The van der Waals surface area contributed by atoms with Crippen LogP contribution in [0.2, 0.25) is 0 Å². The van der Waals surface area contributed by atoms with Crippen LogP contribution in [0, 0.1) is 41.4 Å². The monoisotopic (exact) mass is 348 g/mol. The lowest BCUT2D eigenvalue weighted by atomic mass is 9.69. The molecule has 0 radical (unpaired) electrons. The van der Waals surface area contributed by atoms with E-state index in [9.17, 15) is 22.0 Å². The fraction of sp³-hybridized carbons (Fsp3) is 0.800. The van der Waals surface area contributed by atoms with Crippen LogP contribution < -0.4 is 0 Å². The number of carbonyl (C=O) groups is 1. The van der Waals surface area contributed by atoms with Gasteiger partial charge in [-0.05, 0) is 54.8 Å². The summed E-state index contributed by atoms with van der Waals surface area (Å²) in [4.78, 5) is 12.2. The minimum Gasteiger partial charge on any atom is -0.458 e. The van der Waals surface area contributed by atoms with E-state index in [1.807, 2.05) is 0 Å². The molecule has 0 amide bonds. The van der Waals surface area contributed by atoms with Crippen LogP contribution in [0.3, 0.4) is 0 Å². The maximum Gasteiger partial charge on any atom is 0.402 e. The topological polar surface area (TPSA) is 80.7 Å². The Balaban J connectivity index is 1.43. The standard InChI is InChI=1S/C15H18F2O5S/c16-15(17,23(19,20)21)6-22-14(18)11-5-9-4-10(11)13-8-2-1-7(3-8)12(9)13/h1-2,7-13H,3-6H2,(H,19,20,21). The molecule has 0 aromatic rings. The number of rotatable bonds is 4. The van der Waals surface area contributed by atoms with Gasteiger partial charge in [0, 0.05) is 0 Å². The minimum absolute atomic E-state index is 0.150. The van der Waals surface area contributed by atoms with E-state index >= 15 is 0 Å². The zero-order chi connectivity index (χ0) is 16.6. The summed E-state index contributed by atoms with van der Waals surface area (Å²) in [5.41, 5.74) is 0. The Morgan fingerprint density at radius 3 is 2.48 bits per heavy atom. The number of hydrogen-bond acceptors (Lipinski definition) is 4. The molecule has 4 rings (SSSR count). The summed E-state index contributed by atoms with van der Waals surface area (Å²) in [5.74, 6) is 1.52. The van der Waals surface area contributed by atoms with E-state index in [1.165, 1.54) is 0 Å². The van der Waals surface area contributed by atoms with Gasteiger partial charge < -0.3 is 4.74 Å². The Kier molecular flexibility index (Phi) is 3.20. The van der Waals surface area contributed by atoms with Crippen molar-refractivity contribution in [1.82, 2.24) is 0 Å². The second kappa shape index (κ2) is 4.75. The van der Waals surface area contributed by atoms with Gasteiger partial charge in [-0.25, -0.2) is 0 Å². The molecule has 0 aromatic heterocycles. The van der Waals surface area contributed by atoms with Gasteiger partial charge in [-0.3, -0.25) is 9.35 Å². The molecule has 5 nitrogen and oxygen atoms in total. The molecule has 0 spiro atoms. The number of allylic oxidation sites excluding steroid dienone is 2. The molecule has 4 bridgehead atoms. The van der Waals surface area contributed by atoms with Crippen LogP contribution in [-0.2, 0) is 19.6 Å². The van der Waals surface area contributed by atoms with Gasteiger partial charge in [-0.2, -0.15) is 17.2 Å². The zero-order valence-electron chi connectivity index (χ0n) is 12.3. The molecule has 0 heterocycles. The van der Waals surface area contributed by atoms with Crippen LogP contribution in [0.4, 0.5) is 8.78 Å². The fourth-order valence-electron chi connectivity index (χ4n) is 5.62. The first-order chi connectivity index (χ1) is 10.7. The van der Waals surface area contributed by atoms with Crippen molar-refractivity contribution in [2.75, 3.05) is 6.61 Å². The van der Waals surface area contributed by atoms with E-state index < -0.39 is 33.9 Å². The van der Waals surface area contributed by atoms with Gasteiger partial charge in [-0.1, -0.05) is 12.2 Å². The van der Waals surface area contributed by atoms with Gasteiger partial charge in [0.25, 0.3) is 0 Å². The van der Waals surface area contributed by atoms with Crippen molar-refractivity contribution in [3.63, 3.8) is 0 Å². The molecular weight excluding hydrogens is 330 g/mol. The summed E-state index contributed by atoms with van der Waals surface area (Å²) in [6.07, 6.45) is 7.18. The molecule has 4 aliphatic carbocycles. The van der Waals surface area contributed by atoms with Crippen molar-refractivity contribution in [1.29, 1.82) is 0 Å².